The lowest BCUT2D eigenvalue weighted by molar-refractivity contribution is 0.0838. The average molecular weight is 281 g/mol. The van der Waals surface area contributed by atoms with Gasteiger partial charge in [0.15, 0.2) is 5.78 Å². The van der Waals surface area contributed by atoms with E-state index in [2.05, 4.69) is 18.1 Å². The maximum atomic E-state index is 12.4. The molecule has 3 nitrogen and oxygen atoms in total. The molecule has 2 atom stereocenters. The Morgan fingerprint density at radius 3 is 2.37 bits per heavy atom. The van der Waals surface area contributed by atoms with E-state index < -0.39 is 0 Å². The quantitative estimate of drug-likeness (QED) is 0.719. The molecule has 4 heteroatoms. The summed E-state index contributed by atoms with van der Waals surface area (Å²) in [5.74, 6) is 1.95. The molecule has 0 aromatic heterocycles. The van der Waals surface area contributed by atoms with E-state index >= 15 is 0 Å². The third-order valence-electron chi connectivity index (χ3n) is 3.47. The van der Waals surface area contributed by atoms with Gasteiger partial charge >= 0.3 is 0 Å². The molecular weight excluding hydrogens is 258 g/mol. The van der Waals surface area contributed by atoms with Crippen molar-refractivity contribution in [2.24, 2.45) is 0 Å². The van der Waals surface area contributed by atoms with Crippen LogP contribution in [0.4, 0.5) is 0 Å². The van der Waals surface area contributed by atoms with E-state index in [0.29, 0.717) is 6.04 Å². The van der Waals surface area contributed by atoms with Crippen molar-refractivity contribution in [3.05, 3.63) is 29.8 Å². The van der Waals surface area contributed by atoms with Crippen molar-refractivity contribution >= 4 is 17.5 Å². The van der Waals surface area contributed by atoms with Crippen LogP contribution in [-0.2, 0) is 0 Å². The number of carbonyl (C=O) groups is 1. The van der Waals surface area contributed by atoms with Gasteiger partial charge in [-0.3, -0.25) is 9.69 Å². The van der Waals surface area contributed by atoms with Crippen LogP contribution in [0, 0.1) is 0 Å². The smallest absolute Gasteiger partial charge is 0.179 e. The summed E-state index contributed by atoms with van der Waals surface area (Å²) in [6.45, 7) is 4.11. The zero-order valence-corrected chi connectivity index (χ0v) is 13.2. The number of nitrogens with zero attached hydrogens (tertiary/aromatic N) is 1. The molecule has 1 aromatic carbocycles. The number of likely N-dealkylation sites (N-methyl/N-ethyl adjacent to an activating group) is 1. The van der Waals surface area contributed by atoms with Crippen LogP contribution in [0.25, 0.3) is 0 Å². The van der Waals surface area contributed by atoms with Crippen molar-refractivity contribution in [3.63, 3.8) is 0 Å². The molecule has 0 radical (unpaired) electrons. The number of thioether (sulfide) groups is 1. The number of benzene rings is 1. The summed E-state index contributed by atoms with van der Waals surface area (Å²) in [5, 5.41) is 0. The molecule has 0 aliphatic carbocycles. The second-order valence-corrected chi connectivity index (χ2v) is 5.65. The molecule has 1 rings (SSSR count). The van der Waals surface area contributed by atoms with Crippen LogP contribution < -0.4 is 4.74 Å². The number of rotatable bonds is 7. The maximum Gasteiger partial charge on any atom is 0.179 e. The predicted octanol–water partition coefficient (Wildman–Crippen LogP) is 2.95. The van der Waals surface area contributed by atoms with Gasteiger partial charge in [-0.15, -0.1) is 0 Å². The molecule has 0 saturated carbocycles. The number of methoxy groups -OCH3 is 1. The van der Waals surface area contributed by atoms with Crippen LogP contribution in [0.15, 0.2) is 24.3 Å². The number of carbonyl (C=O) groups excluding carboxylic acids is 1. The second-order valence-electron chi connectivity index (χ2n) is 4.74. The van der Waals surface area contributed by atoms with Gasteiger partial charge in [-0.1, -0.05) is 0 Å². The SMILES string of the molecule is COc1ccc(C(=O)C(C)N(C)C(C)CSC)cc1. The van der Waals surface area contributed by atoms with Gasteiger partial charge in [-0.05, 0) is 51.4 Å². The average Bonchev–Trinajstić information content (AvgIpc) is 2.45. The van der Waals surface area contributed by atoms with Crippen LogP contribution in [0.1, 0.15) is 24.2 Å². The van der Waals surface area contributed by atoms with Crippen LogP contribution in [0.2, 0.25) is 0 Å². The molecule has 0 saturated heterocycles. The van der Waals surface area contributed by atoms with Crippen LogP contribution in [-0.4, -0.2) is 48.9 Å². The second kappa shape index (κ2) is 7.56. The lowest BCUT2D eigenvalue weighted by Crippen LogP contribution is -2.42. The fourth-order valence-corrected chi connectivity index (χ4v) is 2.64. The first kappa shape index (κ1) is 16.1. The summed E-state index contributed by atoms with van der Waals surface area (Å²) < 4.78 is 5.10. The van der Waals surface area contributed by atoms with Crippen LogP contribution in [0.5, 0.6) is 5.75 Å². The van der Waals surface area contributed by atoms with Gasteiger partial charge in [0.05, 0.1) is 13.2 Å². The minimum absolute atomic E-state index is 0.115. The monoisotopic (exact) mass is 281 g/mol. The van der Waals surface area contributed by atoms with E-state index in [4.69, 9.17) is 4.74 Å². The van der Waals surface area contributed by atoms with Crippen LogP contribution >= 0.6 is 11.8 Å². The van der Waals surface area contributed by atoms with Crippen molar-refractivity contribution in [1.82, 2.24) is 4.90 Å². The van der Waals surface area contributed by atoms with Gasteiger partial charge in [-0.2, -0.15) is 11.8 Å². The first-order valence-electron chi connectivity index (χ1n) is 6.40. The molecule has 19 heavy (non-hydrogen) atoms. The molecule has 0 heterocycles. The number of hydrogen-bond donors (Lipinski definition) is 0. The molecular formula is C15H23NO2S. The summed E-state index contributed by atoms with van der Waals surface area (Å²) in [4.78, 5) is 14.5. The zero-order valence-electron chi connectivity index (χ0n) is 12.3. The Morgan fingerprint density at radius 1 is 1.32 bits per heavy atom. The molecule has 1 aromatic rings. The van der Waals surface area contributed by atoms with Crippen LogP contribution in [0.3, 0.4) is 0 Å². The minimum Gasteiger partial charge on any atom is -0.497 e. The number of ketones is 1. The molecule has 106 valence electrons. The Morgan fingerprint density at radius 2 is 1.89 bits per heavy atom. The van der Waals surface area contributed by atoms with E-state index in [-0.39, 0.29) is 11.8 Å². The third kappa shape index (κ3) is 4.25. The van der Waals surface area contributed by atoms with E-state index in [1.807, 2.05) is 38.2 Å². The standard InChI is InChI=1S/C15H23NO2S/c1-11(10-19-5)16(3)12(2)15(17)13-6-8-14(18-4)9-7-13/h6-9,11-12H,10H2,1-5H3. The van der Waals surface area contributed by atoms with Gasteiger partial charge in [0.1, 0.15) is 5.75 Å². The highest BCUT2D eigenvalue weighted by Gasteiger charge is 2.22. The first-order valence-corrected chi connectivity index (χ1v) is 7.79. The van der Waals surface area contributed by atoms with Crippen molar-refractivity contribution in [1.29, 1.82) is 0 Å². The number of ether oxygens (including phenoxy) is 1. The molecule has 2 unspecified atom stereocenters. The normalized spacial score (nSPS) is 14.2. The highest BCUT2D eigenvalue weighted by Crippen LogP contribution is 2.16. The maximum absolute atomic E-state index is 12.4. The van der Waals surface area contributed by atoms with E-state index in [9.17, 15) is 4.79 Å². The molecule has 0 amide bonds. The largest absolute Gasteiger partial charge is 0.497 e. The van der Waals surface area contributed by atoms with Crippen molar-refractivity contribution in [2.75, 3.05) is 26.2 Å². The van der Waals surface area contributed by atoms with Gasteiger partial charge in [0, 0.05) is 17.4 Å². The topological polar surface area (TPSA) is 29.5 Å². The van der Waals surface area contributed by atoms with Gasteiger partial charge in [0.2, 0.25) is 0 Å². The molecule has 0 fully saturated rings. The minimum atomic E-state index is -0.115. The Bertz CT molecular complexity index is 405. The van der Waals surface area contributed by atoms with Gasteiger partial charge in [0.25, 0.3) is 0 Å². The fraction of sp³-hybridized carbons (Fsp3) is 0.533. The Labute approximate surface area is 120 Å². The van der Waals surface area contributed by atoms with Crippen molar-refractivity contribution < 1.29 is 9.53 Å². The van der Waals surface area contributed by atoms with E-state index in [0.717, 1.165) is 17.1 Å². The fourth-order valence-electron chi connectivity index (χ4n) is 1.92. The Kier molecular flexibility index (Phi) is 6.38. The molecule has 0 aliphatic heterocycles. The third-order valence-corrected chi connectivity index (χ3v) is 4.28. The summed E-state index contributed by atoms with van der Waals surface area (Å²) in [7, 11) is 3.63. The molecule has 0 spiro atoms. The van der Waals surface area contributed by atoms with Gasteiger partial charge < -0.3 is 4.74 Å². The van der Waals surface area contributed by atoms with E-state index in [1.54, 1.807) is 18.9 Å². The predicted molar refractivity (Wildman–Crippen MR) is 82.4 cm³/mol. The summed E-state index contributed by atoms with van der Waals surface area (Å²) in [5.41, 5.74) is 0.733. The molecule has 0 bridgehead atoms. The lowest BCUT2D eigenvalue weighted by Gasteiger charge is -2.29. The Hall–Kier alpha value is -1.00. The highest BCUT2D eigenvalue weighted by atomic mass is 32.2. The zero-order chi connectivity index (χ0) is 14.4. The van der Waals surface area contributed by atoms with Crippen molar-refractivity contribution in [2.45, 2.75) is 25.9 Å². The lowest BCUT2D eigenvalue weighted by atomic mass is 10.0. The van der Waals surface area contributed by atoms with E-state index in [1.165, 1.54) is 0 Å². The summed E-state index contributed by atoms with van der Waals surface area (Å²) in [6, 6.07) is 7.56. The van der Waals surface area contributed by atoms with Gasteiger partial charge in [-0.25, -0.2) is 0 Å². The number of Topliss-reactive ketones (excluding diaryl/α,β-unsaturated/α-hetero) is 1. The van der Waals surface area contributed by atoms with Crippen molar-refractivity contribution in [3.8, 4) is 5.75 Å². The molecule has 0 N–H and O–H groups in total. The first-order chi connectivity index (χ1) is 9.01. The molecule has 0 aliphatic rings. The highest BCUT2D eigenvalue weighted by molar-refractivity contribution is 7.98. The Balaban J connectivity index is 2.74. The summed E-state index contributed by atoms with van der Waals surface area (Å²) >= 11 is 1.80. The summed E-state index contributed by atoms with van der Waals surface area (Å²) in [6.07, 6.45) is 2.08. The number of hydrogen-bond acceptors (Lipinski definition) is 4.